The van der Waals surface area contributed by atoms with E-state index in [1.165, 1.54) is 0 Å². The number of benzene rings is 1. The molecule has 0 amide bonds. The SMILES string of the molecule is CC1(C)CCN(c2c(-c3ccc4c(c3)CCN(c3nccc(N5CCOCC5)n3)C4)c(C=O)nc(Cl)c2C(OC(C)(C)C)C(=O)O)CC1. The van der Waals surface area contributed by atoms with Crippen LogP contribution in [0.2, 0.25) is 5.15 Å². The van der Waals surface area contributed by atoms with Gasteiger partial charge in [0.15, 0.2) is 12.4 Å². The van der Waals surface area contributed by atoms with E-state index in [-0.39, 0.29) is 21.8 Å². The molecule has 0 saturated carbocycles. The molecule has 6 rings (SSSR count). The van der Waals surface area contributed by atoms with E-state index < -0.39 is 17.7 Å². The quantitative estimate of drug-likeness (QED) is 0.224. The van der Waals surface area contributed by atoms with Crippen LogP contribution in [0.3, 0.4) is 0 Å². The number of nitrogens with zero attached hydrogens (tertiary/aromatic N) is 6. The van der Waals surface area contributed by atoms with Crippen LogP contribution < -0.4 is 14.7 Å². The zero-order valence-electron chi connectivity index (χ0n) is 28.5. The molecule has 3 aliphatic rings. The summed E-state index contributed by atoms with van der Waals surface area (Å²) in [6.45, 7) is 15.6. The fraction of sp³-hybridized carbons (Fsp3) is 0.528. The lowest BCUT2D eigenvalue weighted by Crippen LogP contribution is -2.39. The second-order valence-electron chi connectivity index (χ2n) is 14.6. The fourth-order valence-electron chi connectivity index (χ4n) is 6.77. The van der Waals surface area contributed by atoms with Gasteiger partial charge in [0.2, 0.25) is 5.95 Å². The van der Waals surface area contributed by atoms with Gasteiger partial charge in [0.1, 0.15) is 16.7 Å². The third-order valence-corrected chi connectivity index (χ3v) is 9.73. The van der Waals surface area contributed by atoms with Gasteiger partial charge in [-0.05, 0) is 68.2 Å². The number of halogens is 1. The highest BCUT2D eigenvalue weighted by Gasteiger charge is 2.38. The summed E-state index contributed by atoms with van der Waals surface area (Å²) < 4.78 is 11.6. The Bertz CT molecular complexity index is 1680. The summed E-state index contributed by atoms with van der Waals surface area (Å²) in [6, 6.07) is 8.12. The number of aromatic nitrogens is 3. The molecule has 1 N–H and O–H groups in total. The molecule has 3 aromatic rings. The number of hydrogen-bond donors (Lipinski definition) is 1. The largest absolute Gasteiger partial charge is 0.479 e. The maximum absolute atomic E-state index is 12.8. The number of anilines is 3. The molecule has 0 aliphatic carbocycles. The van der Waals surface area contributed by atoms with Crippen molar-refractivity contribution in [1.82, 2.24) is 15.0 Å². The Morgan fingerprint density at radius 1 is 1.02 bits per heavy atom. The van der Waals surface area contributed by atoms with E-state index in [0.717, 1.165) is 61.4 Å². The Kier molecular flexibility index (Phi) is 9.66. The molecule has 11 nitrogen and oxygen atoms in total. The van der Waals surface area contributed by atoms with Crippen molar-refractivity contribution in [3.63, 3.8) is 0 Å². The summed E-state index contributed by atoms with van der Waals surface area (Å²) in [7, 11) is 0. The van der Waals surface area contributed by atoms with Gasteiger partial charge in [0, 0.05) is 51.0 Å². The number of carboxylic acid groups (broad SMARTS) is 1. The second-order valence-corrected chi connectivity index (χ2v) is 15.0. The molecule has 1 aromatic carbocycles. The van der Waals surface area contributed by atoms with Crippen LogP contribution in [0.5, 0.6) is 0 Å². The Hall–Kier alpha value is -3.80. The highest BCUT2D eigenvalue weighted by atomic mass is 35.5. The molecule has 3 aliphatic heterocycles. The molecule has 48 heavy (non-hydrogen) atoms. The number of hydrogen-bond acceptors (Lipinski definition) is 10. The summed E-state index contributed by atoms with van der Waals surface area (Å²) in [5, 5.41) is 10.4. The van der Waals surface area contributed by atoms with E-state index in [9.17, 15) is 14.7 Å². The standard InChI is InChI=1S/C36H45ClN6O5/c1-35(2,3)48-31(33(45)46)29-30(42-14-10-36(4,5)11-15-42)28(26(22-44)39-32(29)37)24-6-7-25-21-43(13-9-23(25)20-24)34-38-12-8-27(40-34)41-16-18-47-19-17-41/h6-8,12,20,22,31H,9-11,13-19,21H2,1-5H3,(H,45,46). The Labute approximate surface area is 287 Å². The smallest absolute Gasteiger partial charge is 0.337 e. The molecular formula is C36H45ClN6O5. The number of pyridine rings is 1. The lowest BCUT2D eigenvalue weighted by molar-refractivity contribution is -0.160. The second kappa shape index (κ2) is 13.6. The topological polar surface area (TPSA) is 121 Å². The maximum atomic E-state index is 12.8. The lowest BCUT2D eigenvalue weighted by Gasteiger charge is -2.41. The maximum Gasteiger partial charge on any atom is 0.337 e. The number of carbonyl (C=O) groups excluding carboxylic acids is 1. The highest BCUT2D eigenvalue weighted by molar-refractivity contribution is 6.31. The monoisotopic (exact) mass is 676 g/mol. The van der Waals surface area contributed by atoms with Crippen LogP contribution >= 0.6 is 11.6 Å². The van der Waals surface area contributed by atoms with Crippen molar-refractivity contribution in [3.8, 4) is 11.1 Å². The third kappa shape index (κ3) is 7.28. The van der Waals surface area contributed by atoms with Crippen molar-refractivity contribution in [2.75, 3.05) is 60.6 Å². The van der Waals surface area contributed by atoms with Crippen molar-refractivity contribution < 1.29 is 24.2 Å². The first-order chi connectivity index (χ1) is 22.8. The van der Waals surface area contributed by atoms with Gasteiger partial charge in [-0.15, -0.1) is 0 Å². The molecule has 2 fully saturated rings. The first-order valence-electron chi connectivity index (χ1n) is 16.7. The van der Waals surface area contributed by atoms with Crippen LogP contribution in [0.1, 0.15) is 80.7 Å². The van der Waals surface area contributed by atoms with E-state index in [4.69, 9.17) is 26.1 Å². The third-order valence-electron chi connectivity index (χ3n) is 9.44. The molecule has 12 heteroatoms. The zero-order valence-corrected chi connectivity index (χ0v) is 29.2. The van der Waals surface area contributed by atoms with E-state index in [1.54, 1.807) is 0 Å². The van der Waals surface area contributed by atoms with Gasteiger partial charge >= 0.3 is 5.97 Å². The number of ether oxygens (including phenoxy) is 2. The molecule has 5 heterocycles. The van der Waals surface area contributed by atoms with Gasteiger partial charge in [-0.25, -0.2) is 14.8 Å². The first kappa shape index (κ1) is 34.1. The minimum atomic E-state index is -1.38. The summed E-state index contributed by atoms with van der Waals surface area (Å²) >= 11 is 6.80. The van der Waals surface area contributed by atoms with E-state index in [2.05, 4.69) is 50.6 Å². The average Bonchev–Trinajstić information content (AvgIpc) is 3.06. The van der Waals surface area contributed by atoms with Crippen LogP contribution in [0.25, 0.3) is 11.1 Å². The minimum Gasteiger partial charge on any atom is -0.479 e. The number of carbonyl (C=O) groups is 2. The van der Waals surface area contributed by atoms with Gasteiger partial charge in [-0.3, -0.25) is 4.79 Å². The first-order valence-corrected chi connectivity index (χ1v) is 17.1. The van der Waals surface area contributed by atoms with Crippen LogP contribution in [0.15, 0.2) is 30.5 Å². The van der Waals surface area contributed by atoms with Gasteiger partial charge in [-0.2, -0.15) is 4.98 Å². The molecule has 1 atom stereocenters. The lowest BCUT2D eigenvalue weighted by atomic mass is 9.82. The summed E-state index contributed by atoms with van der Waals surface area (Å²) in [5.41, 5.74) is 4.08. The average molecular weight is 677 g/mol. The number of aldehydes is 1. The molecular weight excluding hydrogens is 632 g/mol. The number of fused-ring (bicyclic) bond motifs is 1. The normalized spacial score (nSPS) is 18.8. The molecule has 0 spiro atoms. The van der Waals surface area contributed by atoms with Crippen molar-refractivity contribution >= 4 is 41.3 Å². The van der Waals surface area contributed by atoms with E-state index in [0.29, 0.717) is 56.3 Å². The Morgan fingerprint density at radius 2 is 1.75 bits per heavy atom. The molecule has 2 saturated heterocycles. The molecule has 1 unspecified atom stereocenters. The molecule has 0 radical (unpaired) electrons. The van der Waals surface area contributed by atoms with Crippen molar-refractivity contribution in [3.05, 3.63) is 58.0 Å². The van der Waals surface area contributed by atoms with Crippen molar-refractivity contribution in [1.29, 1.82) is 0 Å². The van der Waals surface area contributed by atoms with Crippen LogP contribution in [-0.4, -0.2) is 83.9 Å². The molecule has 256 valence electrons. The Balaban J connectivity index is 1.40. The number of carboxylic acids is 1. The summed E-state index contributed by atoms with van der Waals surface area (Å²) in [4.78, 5) is 46.0. The van der Waals surface area contributed by atoms with Crippen LogP contribution in [0.4, 0.5) is 17.5 Å². The van der Waals surface area contributed by atoms with Gasteiger partial charge in [0.05, 0.1) is 30.1 Å². The van der Waals surface area contributed by atoms with Crippen molar-refractivity contribution in [2.45, 2.75) is 72.1 Å². The highest BCUT2D eigenvalue weighted by Crippen LogP contribution is 2.46. The molecule has 0 bridgehead atoms. The van der Waals surface area contributed by atoms with Crippen molar-refractivity contribution in [2.24, 2.45) is 5.41 Å². The number of rotatable bonds is 8. The van der Waals surface area contributed by atoms with Crippen LogP contribution in [0, 0.1) is 5.41 Å². The summed E-state index contributed by atoms with van der Waals surface area (Å²) in [6.07, 6.45) is 3.69. The van der Waals surface area contributed by atoms with Crippen LogP contribution in [-0.2, 0) is 27.2 Å². The predicted octanol–water partition coefficient (Wildman–Crippen LogP) is 5.97. The minimum absolute atomic E-state index is 0.0368. The van der Waals surface area contributed by atoms with E-state index >= 15 is 0 Å². The number of aliphatic carboxylic acids is 1. The van der Waals surface area contributed by atoms with Gasteiger partial charge < -0.3 is 29.3 Å². The molecule has 2 aromatic heterocycles. The number of morpholine rings is 1. The fourth-order valence-corrected chi connectivity index (χ4v) is 7.05. The summed E-state index contributed by atoms with van der Waals surface area (Å²) in [5.74, 6) is 0.431. The van der Waals surface area contributed by atoms with E-state index in [1.807, 2.05) is 39.1 Å². The zero-order chi connectivity index (χ0) is 34.2. The van der Waals surface area contributed by atoms with Gasteiger partial charge in [-0.1, -0.05) is 43.6 Å². The number of piperidine rings is 1. The van der Waals surface area contributed by atoms with Gasteiger partial charge in [0.25, 0.3) is 0 Å². The Morgan fingerprint density at radius 3 is 2.42 bits per heavy atom. The predicted molar refractivity (Wildman–Crippen MR) is 186 cm³/mol.